The number of anilines is 2. The van der Waals surface area contributed by atoms with Gasteiger partial charge in [-0.05, 0) is 37.9 Å². The van der Waals surface area contributed by atoms with Gasteiger partial charge in [0.05, 0.1) is 33.4 Å². The Balaban J connectivity index is 1.36. The Kier molecular flexibility index (Phi) is 7.23. The molecule has 4 aliphatic heterocycles. The Labute approximate surface area is 276 Å². The van der Waals surface area contributed by atoms with E-state index in [2.05, 4.69) is 20.9 Å². The number of likely N-dealkylation sites (tertiary alicyclic amines) is 1. The highest BCUT2D eigenvalue weighted by Gasteiger charge is 2.49. The smallest absolute Gasteiger partial charge is 0.234 e. The highest BCUT2D eigenvalue weighted by molar-refractivity contribution is 7.23. The summed E-state index contributed by atoms with van der Waals surface area (Å²) in [5, 5.41) is 20.9. The fourth-order valence-electron chi connectivity index (χ4n) is 7.99. The Morgan fingerprint density at radius 3 is 2.75 bits per heavy atom. The molecule has 0 saturated carbocycles. The molecule has 1 amide bonds. The van der Waals surface area contributed by atoms with Gasteiger partial charge >= 0.3 is 0 Å². The normalized spacial score (nSPS) is 23.6. The van der Waals surface area contributed by atoms with Gasteiger partial charge in [0.25, 0.3) is 0 Å². The molecule has 0 radical (unpaired) electrons. The third-order valence-corrected chi connectivity index (χ3v) is 11.2. The Morgan fingerprint density at radius 2 is 1.98 bits per heavy atom. The van der Waals surface area contributed by atoms with E-state index in [9.17, 15) is 24.1 Å². The van der Waals surface area contributed by atoms with E-state index in [1.54, 1.807) is 4.90 Å². The van der Waals surface area contributed by atoms with Crippen molar-refractivity contribution in [3.8, 4) is 35.2 Å². The molecule has 15 heteroatoms. The highest BCUT2D eigenvalue weighted by atomic mass is 32.1. The summed E-state index contributed by atoms with van der Waals surface area (Å²) in [6.07, 6.45) is 2.27. The molecule has 0 bridgehead atoms. The summed E-state index contributed by atoms with van der Waals surface area (Å²) in [6.45, 7) is 2.41. The molecule has 4 aliphatic rings. The predicted molar refractivity (Wildman–Crippen MR) is 172 cm³/mol. The first-order valence-electron chi connectivity index (χ1n) is 15.8. The average molecular weight is 675 g/mol. The number of halogens is 3. The zero-order chi connectivity index (χ0) is 33.3. The van der Waals surface area contributed by atoms with E-state index < -0.39 is 23.3 Å². The molecule has 7 heterocycles. The lowest BCUT2D eigenvalue weighted by atomic mass is 9.95. The summed E-state index contributed by atoms with van der Waals surface area (Å²) in [7, 11) is 0. The van der Waals surface area contributed by atoms with E-state index in [0.29, 0.717) is 38.3 Å². The number of fused-ring (bicyclic) bond motifs is 2. The van der Waals surface area contributed by atoms with Crippen LogP contribution < -0.4 is 20.1 Å². The Hall–Kier alpha value is -4.86. The van der Waals surface area contributed by atoms with Crippen molar-refractivity contribution >= 4 is 49.4 Å². The molecule has 11 nitrogen and oxygen atoms in total. The van der Waals surface area contributed by atoms with Crippen LogP contribution in [0, 0.1) is 34.3 Å². The van der Waals surface area contributed by atoms with Crippen molar-refractivity contribution in [3.05, 3.63) is 34.9 Å². The van der Waals surface area contributed by atoms with E-state index in [4.69, 9.17) is 15.2 Å². The number of hydrogen-bond acceptors (Lipinski definition) is 11. The molecule has 2 N–H and O–H groups in total. The zero-order valence-electron chi connectivity index (χ0n) is 25.6. The number of nitrogens with two attached hydrogens (primary N) is 1. The first-order valence-corrected chi connectivity index (χ1v) is 16.6. The quantitative estimate of drug-likeness (QED) is 0.290. The topological polar surface area (TPSA) is 145 Å². The Bertz CT molecular complexity index is 2100. The summed E-state index contributed by atoms with van der Waals surface area (Å²) < 4.78 is 59.1. The summed E-state index contributed by atoms with van der Waals surface area (Å²) in [6, 6.07) is 6.53. The van der Waals surface area contributed by atoms with Crippen LogP contribution in [0.5, 0.6) is 11.8 Å². The molecule has 3 saturated heterocycles. The van der Waals surface area contributed by atoms with Gasteiger partial charge in [-0.1, -0.05) is 0 Å². The van der Waals surface area contributed by atoms with E-state index in [-0.39, 0.29) is 85.8 Å². The molecule has 0 spiro atoms. The molecule has 48 heavy (non-hydrogen) atoms. The summed E-state index contributed by atoms with van der Waals surface area (Å²) in [5.41, 5.74) is 5.61. The standard InChI is InChI=1S/C33H29F3N8O3S/c34-17-10-33(5-1-6-43(33)13-17)15-47-31-21(12-38)28-24-27(41-31)25(36)26(19-2-3-22(35)29-23(19)20(11-37)30(39)48-29)40-32(24)46-9-8-44(28)18-4-7-42(14-18)16-45/h2-3,16-18H,1,4-10,13-15,39H2/t17-,18?,33+/m1/s1. The van der Waals surface area contributed by atoms with Gasteiger partial charge in [0.1, 0.15) is 59.1 Å². The van der Waals surface area contributed by atoms with Crippen molar-refractivity contribution in [3.63, 3.8) is 0 Å². The third-order valence-electron chi connectivity index (χ3n) is 10.2. The van der Waals surface area contributed by atoms with Gasteiger partial charge in [-0.3, -0.25) is 9.69 Å². The number of rotatable bonds is 6. The number of amides is 1. The number of pyridine rings is 2. The fraction of sp³-hybridized carbons (Fsp3) is 0.424. The molecular weight excluding hydrogens is 645 g/mol. The second-order valence-electron chi connectivity index (χ2n) is 12.8. The number of thiophene rings is 1. The van der Waals surface area contributed by atoms with Crippen LogP contribution >= 0.6 is 11.3 Å². The van der Waals surface area contributed by atoms with Crippen molar-refractivity contribution in [2.24, 2.45) is 0 Å². The lowest BCUT2D eigenvalue weighted by molar-refractivity contribution is -0.117. The SMILES string of the molecule is N#Cc1c(OC[C@@]23CCCN2C[C@H](F)C3)nc2c(F)c(-c3ccc(F)c4sc(N)c(C#N)c34)nc3c2c1N(C1CCN(C=O)C1)CCO3. The number of aromatic nitrogens is 2. The highest BCUT2D eigenvalue weighted by Crippen LogP contribution is 2.48. The molecule has 3 atom stereocenters. The molecule has 246 valence electrons. The number of carbonyl (C=O) groups excluding carboxylic acids is 1. The lowest BCUT2D eigenvalue weighted by Gasteiger charge is -2.33. The average Bonchev–Trinajstić information content (AvgIpc) is 3.83. The second kappa shape index (κ2) is 11.4. The van der Waals surface area contributed by atoms with Gasteiger partial charge < -0.3 is 25.0 Å². The van der Waals surface area contributed by atoms with Crippen molar-refractivity contribution in [2.45, 2.75) is 43.4 Å². The maximum absolute atomic E-state index is 17.1. The van der Waals surface area contributed by atoms with Gasteiger partial charge in [-0.2, -0.15) is 10.5 Å². The van der Waals surface area contributed by atoms with Crippen LogP contribution in [0.15, 0.2) is 12.1 Å². The van der Waals surface area contributed by atoms with Crippen molar-refractivity contribution in [1.29, 1.82) is 10.5 Å². The minimum Gasteiger partial charge on any atom is -0.475 e. The second-order valence-corrected chi connectivity index (χ2v) is 13.8. The summed E-state index contributed by atoms with van der Waals surface area (Å²) >= 11 is 0.886. The molecule has 3 fully saturated rings. The minimum atomic E-state index is -1.00. The summed E-state index contributed by atoms with van der Waals surface area (Å²) in [4.78, 5) is 26.5. The largest absolute Gasteiger partial charge is 0.475 e. The van der Waals surface area contributed by atoms with Gasteiger partial charge in [0.15, 0.2) is 5.82 Å². The van der Waals surface area contributed by atoms with Crippen LogP contribution in [0.4, 0.5) is 23.9 Å². The fourth-order valence-corrected chi connectivity index (χ4v) is 8.94. The molecule has 0 aliphatic carbocycles. The summed E-state index contributed by atoms with van der Waals surface area (Å²) in [5.74, 6) is -1.60. The molecule has 8 rings (SSSR count). The first-order chi connectivity index (χ1) is 23.3. The molecular formula is C33H29F3N8O3S. The first kappa shape index (κ1) is 30.5. The number of nitrogens with zero attached hydrogens (tertiary/aromatic N) is 7. The maximum Gasteiger partial charge on any atom is 0.234 e. The number of alkyl halides is 1. The van der Waals surface area contributed by atoms with Crippen LogP contribution in [0.25, 0.3) is 32.2 Å². The minimum absolute atomic E-state index is 0.00493. The number of hydrogen-bond donors (Lipinski definition) is 1. The van der Waals surface area contributed by atoms with Crippen molar-refractivity contribution in [2.75, 3.05) is 56.6 Å². The molecule has 4 aromatic rings. The number of benzene rings is 1. The zero-order valence-corrected chi connectivity index (χ0v) is 26.5. The van der Waals surface area contributed by atoms with Crippen LogP contribution in [0.3, 0.4) is 0 Å². The van der Waals surface area contributed by atoms with Crippen LogP contribution in [0.2, 0.25) is 0 Å². The van der Waals surface area contributed by atoms with Crippen molar-refractivity contribution in [1.82, 2.24) is 19.8 Å². The predicted octanol–water partition coefficient (Wildman–Crippen LogP) is 4.50. The van der Waals surface area contributed by atoms with Crippen LogP contribution in [0.1, 0.15) is 36.8 Å². The van der Waals surface area contributed by atoms with E-state index in [0.717, 1.165) is 43.2 Å². The van der Waals surface area contributed by atoms with Gasteiger partial charge in [0.2, 0.25) is 18.2 Å². The van der Waals surface area contributed by atoms with Gasteiger partial charge in [-0.15, -0.1) is 11.3 Å². The van der Waals surface area contributed by atoms with E-state index >= 15 is 4.39 Å². The molecule has 3 aromatic heterocycles. The maximum atomic E-state index is 17.1. The number of carbonyl (C=O) groups is 1. The molecule has 1 unspecified atom stereocenters. The monoisotopic (exact) mass is 674 g/mol. The molecule has 1 aromatic carbocycles. The Morgan fingerprint density at radius 1 is 1.15 bits per heavy atom. The number of nitriles is 2. The van der Waals surface area contributed by atoms with Crippen LogP contribution in [-0.2, 0) is 4.79 Å². The lowest BCUT2D eigenvalue weighted by Crippen LogP contribution is -2.43. The van der Waals surface area contributed by atoms with Crippen molar-refractivity contribution < 1.29 is 27.4 Å². The third kappa shape index (κ3) is 4.52. The number of nitrogen functional groups attached to an aromatic ring is 1. The van der Waals surface area contributed by atoms with E-state index in [1.807, 2.05) is 11.0 Å². The van der Waals surface area contributed by atoms with E-state index in [1.165, 1.54) is 6.07 Å². The van der Waals surface area contributed by atoms with Crippen LogP contribution in [-0.4, -0.2) is 89.9 Å². The van der Waals surface area contributed by atoms with Gasteiger partial charge in [-0.25, -0.2) is 23.1 Å². The number of ether oxygens (including phenoxy) is 2. The van der Waals surface area contributed by atoms with Gasteiger partial charge in [0, 0.05) is 43.0 Å².